The fourth-order valence-corrected chi connectivity index (χ4v) is 0.250. The molecule has 52 valence electrons. The number of rotatable bonds is 3. The molecule has 0 fully saturated rings. The number of hydrogen-bond acceptors (Lipinski definition) is 4. The predicted molar refractivity (Wildman–Crippen MR) is 29.4 cm³/mol. The molecule has 0 aromatic rings. The van der Waals surface area contributed by atoms with Crippen molar-refractivity contribution in [2.75, 3.05) is 13.2 Å². The van der Waals surface area contributed by atoms with E-state index in [2.05, 4.69) is 10.6 Å². The highest BCUT2D eigenvalue weighted by atomic mass is 16.3. The van der Waals surface area contributed by atoms with Crippen LogP contribution < -0.4 is 10.7 Å². The van der Waals surface area contributed by atoms with E-state index in [9.17, 15) is 9.70 Å². The van der Waals surface area contributed by atoms with E-state index in [1.54, 1.807) is 5.43 Å². The SMILES string of the molecule is O=NNC(=O)NCCO. The van der Waals surface area contributed by atoms with Gasteiger partial charge in [-0.25, -0.2) is 4.79 Å². The topological polar surface area (TPSA) is 90.8 Å². The maximum absolute atomic E-state index is 10.2. The van der Waals surface area contributed by atoms with E-state index in [0.29, 0.717) is 0 Å². The van der Waals surface area contributed by atoms with Gasteiger partial charge in [-0.1, -0.05) is 0 Å². The zero-order valence-corrected chi connectivity index (χ0v) is 4.63. The number of amides is 2. The summed E-state index contributed by atoms with van der Waals surface area (Å²) in [7, 11) is 0. The van der Waals surface area contributed by atoms with Crippen LogP contribution in [-0.4, -0.2) is 24.3 Å². The van der Waals surface area contributed by atoms with Crippen molar-refractivity contribution in [2.24, 2.45) is 5.29 Å². The second-order valence-electron chi connectivity index (χ2n) is 1.18. The Bertz CT molecular complexity index is 104. The molecular weight excluding hydrogens is 126 g/mol. The van der Waals surface area contributed by atoms with E-state index >= 15 is 0 Å². The summed E-state index contributed by atoms with van der Waals surface area (Å²) in [6.07, 6.45) is 0. The van der Waals surface area contributed by atoms with Crippen molar-refractivity contribution < 1.29 is 9.90 Å². The summed E-state index contributed by atoms with van der Waals surface area (Å²) in [5.74, 6) is 0. The molecule has 0 heterocycles. The van der Waals surface area contributed by atoms with Crippen molar-refractivity contribution in [1.29, 1.82) is 0 Å². The fourth-order valence-electron chi connectivity index (χ4n) is 0.250. The highest BCUT2D eigenvalue weighted by Crippen LogP contribution is 1.61. The first kappa shape index (κ1) is 7.83. The van der Waals surface area contributed by atoms with Gasteiger partial charge in [0.1, 0.15) is 0 Å². The summed E-state index contributed by atoms with van der Waals surface area (Å²) in [5.41, 5.74) is 1.59. The van der Waals surface area contributed by atoms with Crippen LogP contribution in [0, 0.1) is 4.91 Å². The number of aliphatic hydroxyl groups is 1. The molecule has 9 heavy (non-hydrogen) atoms. The van der Waals surface area contributed by atoms with Gasteiger partial charge in [0.05, 0.1) is 11.9 Å². The minimum Gasteiger partial charge on any atom is -0.395 e. The quantitative estimate of drug-likeness (QED) is 0.339. The maximum atomic E-state index is 10.2. The van der Waals surface area contributed by atoms with Crippen LogP contribution in [0.25, 0.3) is 0 Å². The summed E-state index contributed by atoms with van der Waals surface area (Å²) < 4.78 is 0. The summed E-state index contributed by atoms with van der Waals surface area (Å²) in [6.45, 7) is -0.0480. The average Bonchev–Trinajstić information content (AvgIpc) is 1.85. The lowest BCUT2D eigenvalue weighted by atomic mass is 10.7. The second kappa shape index (κ2) is 4.98. The molecule has 6 nitrogen and oxygen atoms in total. The number of carbonyl (C=O) groups is 1. The van der Waals surface area contributed by atoms with Gasteiger partial charge in [0, 0.05) is 6.54 Å². The van der Waals surface area contributed by atoms with Crippen LogP contribution in [0.1, 0.15) is 0 Å². The smallest absolute Gasteiger partial charge is 0.337 e. The van der Waals surface area contributed by atoms with E-state index in [1.165, 1.54) is 0 Å². The molecule has 0 aliphatic rings. The van der Waals surface area contributed by atoms with Crippen LogP contribution in [0.5, 0.6) is 0 Å². The summed E-state index contributed by atoms with van der Waals surface area (Å²) >= 11 is 0. The van der Waals surface area contributed by atoms with Crippen LogP contribution in [0.2, 0.25) is 0 Å². The molecule has 2 amide bonds. The summed E-state index contributed by atoms with van der Waals surface area (Å²) in [6, 6.07) is -0.709. The molecule has 3 N–H and O–H groups in total. The number of aliphatic hydroxyl groups excluding tert-OH is 1. The van der Waals surface area contributed by atoms with Gasteiger partial charge < -0.3 is 10.4 Å². The van der Waals surface area contributed by atoms with Crippen molar-refractivity contribution in [3.63, 3.8) is 0 Å². The van der Waals surface area contributed by atoms with E-state index in [-0.39, 0.29) is 13.2 Å². The minimum absolute atomic E-state index is 0.112. The maximum Gasteiger partial charge on any atom is 0.337 e. The zero-order chi connectivity index (χ0) is 7.11. The number of nitrogens with zero attached hydrogens (tertiary/aromatic N) is 1. The van der Waals surface area contributed by atoms with Crippen LogP contribution in [0.4, 0.5) is 4.79 Å². The molecule has 0 aliphatic heterocycles. The van der Waals surface area contributed by atoms with Crippen LogP contribution in [0.15, 0.2) is 5.29 Å². The highest BCUT2D eigenvalue weighted by molar-refractivity contribution is 5.73. The molecule has 0 rings (SSSR count). The Morgan fingerprint density at radius 1 is 1.67 bits per heavy atom. The first-order valence-electron chi connectivity index (χ1n) is 2.28. The lowest BCUT2D eigenvalue weighted by molar-refractivity contribution is 0.234. The lowest BCUT2D eigenvalue weighted by Crippen LogP contribution is -2.33. The summed E-state index contributed by atoms with van der Waals surface area (Å²) in [5, 5.41) is 12.4. The molecule has 6 heteroatoms. The van der Waals surface area contributed by atoms with Gasteiger partial charge in [-0.3, -0.25) is 0 Å². The molecule has 0 saturated heterocycles. The van der Waals surface area contributed by atoms with Gasteiger partial charge in [0.15, 0.2) is 0 Å². The Morgan fingerprint density at radius 3 is 2.78 bits per heavy atom. The van der Waals surface area contributed by atoms with Gasteiger partial charge in [-0.2, -0.15) is 5.43 Å². The molecule has 0 unspecified atom stereocenters. The first-order valence-corrected chi connectivity index (χ1v) is 2.28. The van der Waals surface area contributed by atoms with Crippen molar-refractivity contribution in [3.05, 3.63) is 4.91 Å². The molecule has 0 aromatic carbocycles. The number of nitroso groups, excluding NO2 is 1. The lowest BCUT2D eigenvalue weighted by Gasteiger charge is -1.96. The van der Waals surface area contributed by atoms with Crippen LogP contribution in [-0.2, 0) is 0 Å². The zero-order valence-electron chi connectivity index (χ0n) is 4.63. The van der Waals surface area contributed by atoms with Gasteiger partial charge in [0.25, 0.3) is 0 Å². The molecule has 0 spiro atoms. The monoisotopic (exact) mass is 133 g/mol. The van der Waals surface area contributed by atoms with Crippen LogP contribution in [0.3, 0.4) is 0 Å². The standard InChI is InChI=1S/C3H7N3O3/c7-2-1-4-3(8)5-6-9/h7H,1-2H2,(H2,4,5,8,9). The normalized spacial score (nSPS) is 8.11. The van der Waals surface area contributed by atoms with Crippen LogP contribution >= 0.6 is 0 Å². The largest absolute Gasteiger partial charge is 0.395 e. The van der Waals surface area contributed by atoms with Gasteiger partial charge in [-0.15, -0.1) is 4.91 Å². The van der Waals surface area contributed by atoms with Crippen molar-refractivity contribution >= 4 is 6.03 Å². The van der Waals surface area contributed by atoms with E-state index < -0.39 is 6.03 Å². The Morgan fingerprint density at radius 2 is 2.33 bits per heavy atom. The van der Waals surface area contributed by atoms with E-state index in [0.717, 1.165) is 0 Å². The van der Waals surface area contributed by atoms with Crippen molar-refractivity contribution in [1.82, 2.24) is 10.7 Å². The summed E-state index contributed by atoms with van der Waals surface area (Å²) in [4.78, 5) is 19.5. The Balaban J connectivity index is 3.16. The fraction of sp³-hybridized carbons (Fsp3) is 0.667. The minimum atomic E-state index is -0.709. The van der Waals surface area contributed by atoms with Gasteiger partial charge in [-0.05, 0) is 0 Å². The molecule has 0 radical (unpaired) electrons. The van der Waals surface area contributed by atoms with Crippen molar-refractivity contribution in [2.45, 2.75) is 0 Å². The Hall–Kier alpha value is -1.17. The van der Waals surface area contributed by atoms with Crippen molar-refractivity contribution in [3.8, 4) is 0 Å². The molecule has 0 atom stereocenters. The molecule has 0 bridgehead atoms. The third kappa shape index (κ3) is 4.69. The van der Waals surface area contributed by atoms with Gasteiger partial charge in [0.2, 0.25) is 0 Å². The first-order chi connectivity index (χ1) is 4.31. The molecule has 0 aromatic heterocycles. The van der Waals surface area contributed by atoms with E-state index in [1.807, 2.05) is 0 Å². The molecule has 0 aliphatic carbocycles. The molecule has 0 saturated carbocycles. The highest BCUT2D eigenvalue weighted by Gasteiger charge is 1.93. The third-order valence-electron chi connectivity index (χ3n) is 0.545. The third-order valence-corrected chi connectivity index (χ3v) is 0.545. The number of hydrogen-bond donors (Lipinski definition) is 3. The Labute approximate surface area is 51.2 Å². The second-order valence-corrected chi connectivity index (χ2v) is 1.18. The van der Waals surface area contributed by atoms with E-state index in [4.69, 9.17) is 5.11 Å². The number of carbonyl (C=O) groups excluding carboxylic acids is 1. The number of nitrogens with one attached hydrogen (secondary N) is 2. The Kier molecular flexibility index (Phi) is 4.33. The predicted octanol–water partition coefficient (Wildman–Crippen LogP) is -1.04. The number of urea groups is 1. The molecular formula is C3H7N3O3. The van der Waals surface area contributed by atoms with Gasteiger partial charge >= 0.3 is 6.03 Å². The average molecular weight is 133 g/mol.